The minimum atomic E-state index is -4.72. The first-order chi connectivity index (χ1) is 13.3. The molecule has 0 bridgehead atoms. The lowest BCUT2D eigenvalue weighted by Crippen LogP contribution is -2.50. The molecular formula is C17H18F3N5O3. The Balaban J connectivity index is 1.73. The molecule has 1 aromatic heterocycles. The summed E-state index contributed by atoms with van der Waals surface area (Å²) in [5, 5.41) is 5.84. The Kier molecular flexibility index (Phi) is 5.52. The first kappa shape index (κ1) is 19.6. The third-order valence-corrected chi connectivity index (χ3v) is 4.46. The second-order valence-corrected chi connectivity index (χ2v) is 6.39. The van der Waals surface area contributed by atoms with Gasteiger partial charge in [0.15, 0.2) is 0 Å². The van der Waals surface area contributed by atoms with E-state index in [2.05, 4.69) is 20.0 Å². The highest BCUT2D eigenvalue weighted by Crippen LogP contribution is 2.29. The van der Waals surface area contributed by atoms with Crippen molar-refractivity contribution in [2.24, 2.45) is 5.73 Å². The number of benzene rings is 1. The maximum atomic E-state index is 12.8. The number of urea groups is 1. The molecular weight excluding hydrogens is 379 g/mol. The Morgan fingerprint density at radius 1 is 1.25 bits per heavy atom. The number of hydrogen-bond donors (Lipinski definition) is 2. The number of aromatic nitrogens is 2. The summed E-state index contributed by atoms with van der Waals surface area (Å²) in [6.07, 6.45) is -2.19. The van der Waals surface area contributed by atoms with Gasteiger partial charge in [0, 0.05) is 30.3 Å². The molecule has 1 aliphatic rings. The van der Waals surface area contributed by atoms with E-state index < -0.39 is 18.1 Å². The first-order valence-electron chi connectivity index (χ1n) is 8.61. The van der Waals surface area contributed by atoms with E-state index in [-0.39, 0.29) is 24.3 Å². The number of nitrogens with two attached hydrogens (primary N) is 1. The van der Waals surface area contributed by atoms with E-state index in [1.807, 2.05) is 0 Å². The van der Waals surface area contributed by atoms with Crippen molar-refractivity contribution >= 4 is 11.9 Å². The molecule has 28 heavy (non-hydrogen) atoms. The summed E-state index contributed by atoms with van der Waals surface area (Å²) >= 11 is 0. The van der Waals surface area contributed by atoms with E-state index >= 15 is 0 Å². The van der Waals surface area contributed by atoms with Crippen molar-refractivity contribution in [2.75, 3.05) is 13.1 Å². The van der Waals surface area contributed by atoms with Gasteiger partial charge in [-0.15, -0.1) is 0 Å². The molecule has 1 saturated heterocycles. The molecule has 0 spiro atoms. The number of hydrogen-bond acceptors (Lipinski definition) is 5. The molecule has 2 heterocycles. The molecule has 2 aromatic rings. The summed E-state index contributed by atoms with van der Waals surface area (Å²) < 4.78 is 41.9. The van der Waals surface area contributed by atoms with Crippen molar-refractivity contribution in [2.45, 2.75) is 31.5 Å². The fourth-order valence-corrected chi connectivity index (χ4v) is 3.08. The summed E-state index contributed by atoms with van der Waals surface area (Å²) in [5.41, 5.74) is 5.76. The van der Waals surface area contributed by atoms with E-state index in [0.717, 1.165) is 19.3 Å². The Bertz CT molecular complexity index is 850. The fourth-order valence-electron chi connectivity index (χ4n) is 3.08. The maximum Gasteiger partial charge on any atom is 0.471 e. The Labute approximate surface area is 157 Å². The molecule has 1 aliphatic heterocycles. The van der Waals surface area contributed by atoms with Gasteiger partial charge in [-0.1, -0.05) is 17.3 Å². The van der Waals surface area contributed by atoms with Gasteiger partial charge in [-0.25, -0.2) is 4.79 Å². The van der Waals surface area contributed by atoms with E-state index in [1.165, 1.54) is 24.3 Å². The number of halogens is 3. The first-order valence-corrected chi connectivity index (χ1v) is 8.61. The second-order valence-electron chi connectivity index (χ2n) is 6.39. The predicted octanol–water partition coefficient (Wildman–Crippen LogP) is 2.42. The lowest BCUT2D eigenvalue weighted by molar-refractivity contribution is -0.159. The van der Waals surface area contributed by atoms with Crippen LogP contribution in [-0.2, 0) is 6.18 Å². The highest BCUT2D eigenvalue weighted by atomic mass is 19.4. The van der Waals surface area contributed by atoms with Gasteiger partial charge in [0.1, 0.15) is 0 Å². The van der Waals surface area contributed by atoms with Gasteiger partial charge in [-0.3, -0.25) is 4.79 Å². The normalized spacial score (nSPS) is 17.4. The number of nitrogens with zero attached hydrogens (tertiary/aromatic N) is 3. The zero-order valence-corrected chi connectivity index (χ0v) is 14.7. The highest BCUT2D eigenvalue weighted by Gasteiger charge is 2.38. The van der Waals surface area contributed by atoms with Gasteiger partial charge in [-0.2, -0.15) is 18.2 Å². The van der Waals surface area contributed by atoms with Crippen LogP contribution in [0.4, 0.5) is 18.0 Å². The molecule has 3 N–H and O–H groups in total. The smallest absolute Gasteiger partial charge is 0.352 e. The third-order valence-electron chi connectivity index (χ3n) is 4.46. The van der Waals surface area contributed by atoms with Crippen molar-refractivity contribution in [1.82, 2.24) is 20.4 Å². The van der Waals surface area contributed by atoms with Crippen molar-refractivity contribution in [3.8, 4) is 11.4 Å². The van der Waals surface area contributed by atoms with Gasteiger partial charge in [0.25, 0.3) is 5.91 Å². The van der Waals surface area contributed by atoms with Crippen molar-refractivity contribution in [3.05, 3.63) is 35.7 Å². The molecule has 150 valence electrons. The Hall–Kier alpha value is -3.11. The van der Waals surface area contributed by atoms with Gasteiger partial charge >= 0.3 is 18.1 Å². The number of alkyl halides is 3. The Morgan fingerprint density at radius 2 is 1.96 bits per heavy atom. The largest absolute Gasteiger partial charge is 0.471 e. The van der Waals surface area contributed by atoms with E-state index in [0.29, 0.717) is 17.7 Å². The second kappa shape index (κ2) is 7.87. The molecule has 3 amide bonds. The van der Waals surface area contributed by atoms with Crippen molar-refractivity contribution < 1.29 is 27.3 Å². The average molecular weight is 397 g/mol. The Morgan fingerprint density at radius 3 is 2.57 bits per heavy atom. The summed E-state index contributed by atoms with van der Waals surface area (Å²) in [6, 6.07) is 5.08. The van der Waals surface area contributed by atoms with E-state index in [4.69, 9.17) is 5.73 Å². The number of rotatable bonds is 4. The number of piperidine rings is 1. The maximum absolute atomic E-state index is 12.8. The molecule has 0 saturated carbocycles. The zero-order chi connectivity index (χ0) is 20.3. The molecule has 8 nitrogen and oxygen atoms in total. The van der Waals surface area contributed by atoms with E-state index in [1.54, 1.807) is 4.90 Å². The monoisotopic (exact) mass is 397 g/mol. The van der Waals surface area contributed by atoms with Crippen LogP contribution in [0.1, 0.15) is 35.5 Å². The summed E-state index contributed by atoms with van der Waals surface area (Å²) in [5.74, 6) is -1.87. The lowest BCUT2D eigenvalue weighted by Gasteiger charge is -2.35. The third kappa shape index (κ3) is 4.41. The van der Waals surface area contributed by atoms with Crippen LogP contribution in [0.15, 0.2) is 28.8 Å². The van der Waals surface area contributed by atoms with Gasteiger partial charge in [0.05, 0.1) is 0 Å². The molecule has 3 rings (SSSR count). The molecule has 11 heteroatoms. The lowest BCUT2D eigenvalue weighted by atomic mass is 10.0. The van der Waals surface area contributed by atoms with Crippen LogP contribution in [-0.4, -0.2) is 46.1 Å². The number of carbonyl (C=O) groups excluding carboxylic acids is 2. The summed E-state index contributed by atoms with van der Waals surface area (Å²) in [7, 11) is 0. The van der Waals surface area contributed by atoms with Gasteiger partial charge in [0.2, 0.25) is 5.82 Å². The number of nitrogens with one attached hydrogen (secondary N) is 1. The predicted molar refractivity (Wildman–Crippen MR) is 91.0 cm³/mol. The zero-order valence-electron chi connectivity index (χ0n) is 14.7. The minimum Gasteiger partial charge on any atom is -0.352 e. The molecule has 0 radical (unpaired) electrons. The molecule has 1 fully saturated rings. The summed E-state index contributed by atoms with van der Waals surface area (Å²) in [4.78, 5) is 28.8. The molecule has 0 aliphatic carbocycles. The minimum absolute atomic E-state index is 0.167. The van der Waals surface area contributed by atoms with E-state index in [9.17, 15) is 22.8 Å². The molecule has 1 atom stereocenters. The van der Waals surface area contributed by atoms with Crippen LogP contribution >= 0.6 is 0 Å². The van der Waals surface area contributed by atoms with Crippen LogP contribution in [0.5, 0.6) is 0 Å². The van der Waals surface area contributed by atoms with Crippen LogP contribution in [0.3, 0.4) is 0 Å². The quantitative estimate of drug-likeness (QED) is 0.822. The van der Waals surface area contributed by atoms with Crippen LogP contribution < -0.4 is 11.1 Å². The number of primary amides is 1. The van der Waals surface area contributed by atoms with Crippen molar-refractivity contribution in [3.63, 3.8) is 0 Å². The molecule has 0 unspecified atom stereocenters. The molecule has 1 aromatic carbocycles. The summed E-state index contributed by atoms with van der Waals surface area (Å²) in [6.45, 7) is 0.813. The highest BCUT2D eigenvalue weighted by molar-refractivity contribution is 5.95. The van der Waals surface area contributed by atoms with Gasteiger partial charge < -0.3 is 20.5 Å². The van der Waals surface area contributed by atoms with Crippen molar-refractivity contribution in [1.29, 1.82) is 0 Å². The number of amides is 3. The average Bonchev–Trinajstić information content (AvgIpc) is 3.17. The topological polar surface area (TPSA) is 114 Å². The number of likely N-dealkylation sites (tertiary alicyclic amines) is 1. The van der Waals surface area contributed by atoms with Crippen LogP contribution in [0, 0.1) is 0 Å². The fraction of sp³-hybridized carbons (Fsp3) is 0.412. The van der Waals surface area contributed by atoms with Crippen LogP contribution in [0.25, 0.3) is 11.4 Å². The number of carbonyl (C=O) groups is 2. The van der Waals surface area contributed by atoms with Gasteiger partial charge in [-0.05, 0) is 31.4 Å². The van der Waals surface area contributed by atoms with Crippen LogP contribution in [0.2, 0.25) is 0 Å². The standard InChI is InChI=1S/C17H18F3N5O3/c18-17(19,20)15-23-13(24-28-15)10-4-6-11(7-5-10)14(26)25-8-2-1-3-12(25)9-22-16(21)27/h4-7,12H,1-3,8-9H2,(H3,21,22,27)/t12-/m0/s1. The SMILES string of the molecule is NC(=O)NC[C@@H]1CCCCN1C(=O)c1ccc(-c2noc(C(F)(F)F)n2)cc1.